The van der Waals surface area contributed by atoms with Crippen molar-refractivity contribution in [1.82, 2.24) is 0 Å². The molecule has 3 heteroatoms. The van der Waals surface area contributed by atoms with Gasteiger partial charge in [-0.3, -0.25) is 0 Å². The van der Waals surface area contributed by atoms with E-state index in [9.17, 15) is 4.79 Å². The summed E-state index contributed by atoms with van der Waals surface area (Å²) in [6, 6.07) is 17.6. The zero-order valence-corrected chi connectivity index (χ0v) is 12.0. The predicted molar refractivity (Wildman–Crippen MR) is 82.9 cm³/mol. The van der Waals surface area contributed by atoms with Gasteiger partial charge in [-0.25, -0.2) is 4.79 Å². The third-order valence-corrected chi connectivity index (χ3v) is 2.80. The highest BCUT2D eigenvalue weighted by Gasteiger charge is 1.98. The number of esters is 1. The molecule has 0 saturated carbocycles. The quantitative estimate of drug-likeness (QED) is 0.596. The van der Waals surface area contributed by atoms with Crippen molar-refractivity contribution < 1.29 is 14.3 Å². The van der Waals surface area contributed by atoms with Crippen LogP contribution in [0.15, 0.2) is 60.7 Å². The van der Waals surface area contributed by atoms with Gasteiger partial charge in [-0.15, -0.1) is 0 Å². The van der Waals surface area contributed by atoms with Crippen molar-refractivity contribution in [2.24, 2.45) is 0 Å². The molecule has 0 unspecified atom stereocenters. The zero-order chi connectivity index (χ0) is 14.9. The van der Waals surface area contributed by atoms with Crippen LogP contribution in [0.5, 0.6) is 5.75 Å². The Hall–Kier alpha value is -2.55. The number of ether oxygens (including phenoxy) is 2. The van der Waals surface area contributed by atoms with Crippen LogP contribution in [0.1, 0.15) is 18.1 Å². The van der Waals surface area contributed by atoms with Gasteiger partial charge in [-0.2, -0.15) is 0 Å². The van der Waals surface area contributed by atoms with Gasteiger partial charge in [0.15, 0.2) is 0 Å². The van der Waals surface area contributed by atoms with E-state index >= 15 is 0 Å². The molecule has 0 aliphatic rings. The van der Waals surface area contributed by atoms with Gasteiger partial charge < -0.3 is 9.47 Å². The van der Waals surface area contributed by atoms with Crippen molar-refractivity contribution >= 4 is 12.0 Å². The van der Waals surface area contributed by atoms with Gasteiger partial charge in [0.2, 0.25) is 0 Å². The van der Waals surface area contributed by atoms with Gasteiger partial charge in [0, 0.05) is 6.08 Å². The Morgan fingerprint density at radius 1 is 1.10 bits per heavy atom. The van der Waals surface area contributed by atoms with E-state index in [1.54, 1.807) is 13.0 Å². The Labute approximate surface area is 124 Å². The van der Waals surface area contributed by atoms with Crippen molar-refractivity contribution in [3.63, 3.8) is 0 Å². The van der Waals surface area contributed by atoms with Crippen LogP contribution in [0.4, 0.5) is 0 Å². The topological polar surface area (TPSA) is 35.5 Å². The molecule has 0 atom stereocenters. The van der Waals surface area contributed by atoms with Crippen molar-refractivity contribution in [2.45, 2.75) is 13.5 Å². The molecular formula is C18H18O3. The van der Waals surface area contributed by atoms with Gasteiger partial charge in [0.25, 0.3) is 0 Å². The van der Waals surface area contributed by atoms with Gasteiger partial charge in [-0.1, -0.05) is 42.5 Å². The minimum absolute atomic E-state index is 0.340. The molecule has 2 rings (SSSR count). The lowest BCUT2D eigenvalue weighted by atomic mass is 10.2. The van der Waals surface area contributed by atoms with Crippen molar-refractivity contribution in [3.05, 3.63) is 71.8 Å². The molecule has 0 bridgehead atoms. The van der Waals surface area contributed by atoms with Crippen LogP contribution in [-0.4, -0.2) is 12.6 Å². The lowest BCUT2D eigenvalue weighted by molar-refractivity contribution is -0.137. The second-order valence-corrected chi connectivity index (χ2v) is 4.43. The minimum atomic E-state index is -0.340. The molecule has 0 spiro atoms. The standard InChI is InChI=1S/C18H18O3/c1-2-20-18(19)12-11-15-9-6-10-17(13-15)21-14-16-7-4-3-5-8-16/h3-13H,2,14H2,1H3/b12-11+. The van der Waals surface area contributed by atoms with E-state index in [0.29, 0.717) is 13.2 Å². The van der Waals surface area contributed by atoms with Crippen LogP contribution in [0, 0.1) is 0 Å². The average Bonchev–Trinajstić information content (AvgIpc) is 2.53. The molecule has 0 heterocycles. The van der Waals surface area contributed by atoms with Crippen molar-refractivity contribution in [1.29, 1.82) is 0 Å². The molecule has 0 aliphatic carbocycles. The number of benzene rings is 2. The van der Waals surface area contributed by atoms with Gasteiger partial charge in [-0.05, 0) is 36.3 Å². The zero-order valence-electron chi connectivity index (χ0n) is 12.0. The Balaban J connectivity index is 1.96. The fourth-order valence-corrected chi connectivity index (χ4v) is 1.80. The summed E-state index contributed by atoms with van der Waals surface area (Å²) in [5, 5.41) is 0. The maximum absolute atomic E-state index is 11.3. The van der Waals surface area contributed by atoms with Gasteiger partial charge >= 0.3 is 5.97 Å². The molecule has 0 N–H and O–H groups in total. The summed E-state index contributed by atoms with van der Waals surface area (Å²) in [5.74, 6) is 0.429. The lowest BCUT2D eigenvalue weighted by Gasteiger charge is -2.06. The molecule has 0 amide bonds. The van der Waals surface area contributed by atoms with Crippen molar-refractivity contribution in [2.75, 3.05) is 6.61 Å². The number of carbonyl (C=O) groups is 1. The second kappa shape index (κ2) is 7.90. The molecule has 2 aromatic carbocycles. The second-order valence-electron chi connectivity index (χ2n) is 4.43. The summed E-state index contributed by atoms with van der Waals surface area (Å²) in [7, 11) is 0. The Morgan fingerprint density at radius 2 is 1.90 bits per heavy atom. The number of hydrogen-bond donors (Lipinski definition) is 0. The van der Waals surface area contributed by atoms with E-state index in [4.69, 9.17) is 9.47 Å². The number of carbonyl (C=O) groups excluding carboxylic acids is 1. The Kier molecular flexibility index (Phi) is 5.59. The van der Waals surface area contributed by atoms with E-state index in [0.717, 1.165) is 16.9 Å². The first-order valence-corrected chi connectivity index (χ1v) is 6.89. The highest BCUT2D eigenvalue weighted by Crippen LogP contribution is 2.16. The van der Waals surface area contributed by atoms with Crippen LogP contribution in [-0.2, 0) is 16.1 Å². The third kappa shape index (κ3) is 5.15. The number of hydrogen-bond acceptors (Lipinski definition) is 3. The molecule has 0 fully saturated rings. The van der Waals surface area contributed by atoms with Crippen LogP contribution >= 0.6 is 0 Å². The highest BCUT2D eigenvalue weighted by atomic mass is 16.5. The van der Waals surface area contributed by atoms with Crippen LogP contribution in [0.25, 0.3) is 6.08 Å². The van der Waals surface area contributed by atoms with Crippen LogP contribution in [0.2, 0.25) is 0 Å². The maximum atomic E-state index is 11.3. The minimum Gasteiger partial charge on any atom is -0.489 e. The monoisotopic (exact) mass is 282 g/mol. The third-order valence-electron chi connectivity index (χ3n) is 2.80. The molecule has 3 nitrogen and oxygen atoms in total. The van der Waals surface area contributed by atoms with E-state index in [-0.39, 0.29) is 5.97 Å². The molecule has 21 heavy (non-hydrogen) atoms. The van der Waals surface area contributed by atoms with Crippen molar-refractivity contribution in [3.8, 4) is 5.75 Å². The average molecular weight is 282 g/mol. The Bertz CT molecular complexity index is 603. The smallest absolute Gasteiger partial charge is 0.330 e. The molecule has 0 aliphatic heterocycles. The Morgan fingerprint density at radius 3 is 2.67 bits per heavy atom. The SMILES string of the molecule is CCOC(=O)/C=C/c1cccc(OCc2ccccc2)c1. The summed E-state index contributed by atoms with van der Waals surface area (Å²) >= 11 is 0. The summed E-state index contributed by atoms with van der Waals surface area (Å²) in [5.41, 5.74) is 2.01. The van der Waals surface area contributed by atoms with Crippen LogP contribution < -0.4 is 4.74 Å². The van der Waals surface area contributed by atoms with Gasteiger partial charge in [0.1, 0.15) is 12.4 Å². The largest absolute Gasteiger partial charge is 0.489 e. The first-order chi connectivity index (χ1) is 10.3. The maximum Gasteiger partial charge on any atom is 0.330 e. The van der Waals surface area contributed by atoms with E-state index in [2.05, 4.69) is 0 Å². The normalized spacial score (nSPS) is 10.5. The molecular weight excluding hydrogens is 264 g/mol. The van der Waals surface area contributed by atoms with E-state index in [1.807, 2.05) is 54.6 Å². The molecule has 0 saturated heterocycles. The predicted octanol–water partition coefficient (Wildman–Crippen LogP) is 3.84. The lowest BCUT2D eigenvalue weighted by Crippen LogP contribution is -1.98. The van der Waals surface area contributed by atoms with Crippen LogP contribution in [0.3, 0.4) is 0 Å². The van der Waals surface area contributed by atoms with Gasteiger partial charge in [0.05, 0.1) is 6.61 Å². The summed E-state index contributed by atoms with van der Waals surface area (Å²) in [6.07, 6.45) is 3.13. The fourth-order valence-electron chi connectivity index (χ4n) is 1.80. The summed E-state index contributed by atoms with van der Waals surface area (Å²) < 4.78 is 10.6. The highest BCUT2D eigenvalue weighted by molar-refractivity contribution is 5.87. The summed E-state index contributed by atoms with van der Waals surface area (Å²) in [6.45, 7) is 2.68. The van der Waals surface area contributed by atoms with E-state index < -0.39 is 0 Å². The first kappa shape index (κ1) is 14.9. The van der Waals surface area contributed by atoms with E-state index in [1.165, 1.54) is 6.08 Å². The molecule has 0 aromatic heterocycles. The summed E-state index contributed by atoms with van der Waals surface area (Å²) in [4.78, 5) is 11.3. The molecule has 2 aromatic rings. The molecule has 108 valence electrons. The first-order valence-electron chi connectivity index (χ1n) is 6.89. The molecule has 0 radical (unpaired) electrons. The fraction of sp³-hybridized carbons (Fsp3) is 0.167. The number of rotatable bonds is 6.